The van der Waals surface area contributed by atoms with Crippen LogP contribution in [0.25, 0.3) is 0 Å². The first-order chi connectivity index (χ1) is 15.7. The highest BCUT2D eigenvalue weighted by Gasteiger charge is 2.41. The normalized spacial score (nSPS) is 37.3. The predicted octanol–water partition coefficient (Wildman–Crippen LogP) is 5.74. The van der Waals surface area contributed by atoms with Gasteiger partial charge < -0.3 is 18.9 Å². The molecule has 6 unspecified atom stereocenters. The molecule has 0 aromatic heterocycles. The summed E-state index contributed by atoms with van der Waals surface area (Å²) >= 11 is 0. The Hall–Kier alpha value is -1.72. The first-order valence-electron chi connectivity index (χ1n) is 12.3. The molecule has 0 N–H and O–H groups in total. The highest BCUT2D eigenvalue weighted by atomic mass is 16.6. The maximum absolute atomic E-state index is 6.32. The highest BCUT2D eigenvalue weighted by Crippen LogP contribution is 2.46. The van der Waals surface area contributed by atoms with Gasteiger partial charge in [-0.2, -0.15) is 0 Å². The van der Waals surface area contributed by atoms with Gasteiger partial charge in [-0.25, -0.2) is 0 Å². The van der Waals surface area contributed by atoms with Crippen LogP contribution < -0.4 is 0 Å². The SMILES string of the molecule is C=CCC1C=C(C(C)(C)C2=CC(CC=C)C(C)(OCC3CO3)C=C2)C=CC1(C)OCC1CO1. The van der Waals surface area contributed by atoms with E-state index in [-0.39, 0.29) is 40.7 Å². The van der Waals surface area contributed by atoms with E-state index in [2.05, 4.69) is 77.3 Å². The molecule has 180 valence electrons. The van der Waals surface area contributed by atoms with Crippen molar-refractivity contribution in [2.75, 3.05) is 26.4 Å². The summed E-state index contributed by atoms with van der Waals surface area (Å²) in [6, 6.07) is 0. The van der Waals surface area contributed by atoms with Gasteiger partial charge in [0.2, 0.25) is 0 Å². The van der Waals surface area contributed by atoms with Crippen LogP contribution in [0.1, 0.15) is 40.5 Å². The molecule has 2 aliphatic carbocycles. The van der Waals surface area contributed by atoms with Gasteiger partial charge in [-0.3, -0.25) is 0 Å². The average molecular weight is 453 g/mol. The molecule has 0 aromatic rings. The maximum atomic E-state index is 6.32. The monoisotopic (exact) mass is 452 g/mol. The van der Waals surface area contributed by atoms with Gasteiger partial charge in [0.05, 0.1) is 37.6 Å². The Morgan fingerprint density at radius 2 is 1.27 bits per heavy atom. The Morgan fingerprint density at radius 1 is 0.879 bits per heavy atom. The first kappa shape index (κ1) is 24.4. The maximum Gasteiger partial charge on any atom is 0.104 e. The van der Waals surface area contributed by atoms with Crippen molar-refractivity contribution in [3.63, 3.8) is 0 Å². The zero-order valence-electron chi connectivity index (χ0n) is 20.7. The molecule has 4 aliphatic rings. The van der Waals surface area contributed by atoms with Gasteiger partial charge in [0.25, 0.3) is 0 Å². The Morgan fingerprint density at radius 3 is 1.61 bits per heavy atom. The summed E-state index contributed by atoms with van der Waals surface area (Å²) in [5.41, 5.74) is 1.77. The van der Waals surface area contributed by atoms with E-state index in [1.54, 1.807) is 0 Å². The number of hydrogen-bond donors (Lipinski definition) is 0. The van der Waals surface area contributed by atoms with Gasteiger partial charge in [0, 0.05) is 17.3 Å². The molecule has 4 heteroatoms. The van der Waals surface area contributed by atoms with Crippen molar-refractivity contribution in [2.24, 2.45) is 17.3 Å². The quantitative estimate of drug-likeness (QED) is 0.280. The van der Waals surface area contributed by atoms with Crippen molar-refractivity contribution in [1.29, 1.82) is 0 Å². The third kappa shape index (κ3) is 5.51. The summed E-state index contributed by atoms with van der Waals surface area (Å²) in [5.74, 6) is 0.467. The molecule has 0 radical (unpaired) electrons. The smallest absolute Gasteiger partial charge is 0.104 e. The summed E-state index contributed by atoms with van der Waals surface area (Å²) in [6.45, 7) is 19.8. The Labute approximate surface area is 199 Å². The van der Waals surface area contributed by atoms with Crippen molar-refractivity contribution in [3.8, 4) is 0 Å². The molecule has 33 heavy (non-hydrogen) atoms. The third-order valence-electron chi connectivity index (χ3n) is 7.67. The topological polar surface area (TPSA) is 43.5 Å². The molecule has 0 bridgehead atoms. The molecule has 0 aromatic carbocycles. The zero-order valence-corrected chi connectivity index (χ0v) is 20.7. The average Bonchev–Trinajstić information content (AvgIpc) is 3.69. The summed E-state index contributed by atoms with van der Waals surface area (Å²) < 4.78 is 23.3. The summed E-state index contributed by atoms with van der Waals surface area (Å²) in [6.07, 6.45) is 20.0. The van der Waals surface area contributed by atoms with E-state index in [1.807, 2.05) is 12.2 Å². The molecule has 0 saturated carbocycles. The lowest BCUT2D eigenvalue weighted by Gasteiger charge is -2.42. The third-order valence-corrected chi connectivity index (χ3v) is 7.67. The van der Waals surface area contributed by atoms with Crippen LogP contribution in [0.4, 0.5) is 0 Å². The lowest BCUT2D eigenvalue weighted by Crippen LogP contribution is -2.40. The predicted molar refractivity (Wildman–Crippen MR) is 133 cm³/mol. The standard InChI is InChI=1S/C29H40O4/c1-7-9-23-15-21(11-13-28(23,5)32-19-25-17-30-25)27(3,4)22-12-14-29(6,24(16-22)10-8-2)33-20-26-18-31-26/h7-8,11-16,23-26H,1-2,9-10,17-20H2,3-6H3. The van der Waals surface area contributed by atoms with Crippen LogP contribution in [0.5, 0.6) is 0 Å². The van der Waals surface area contributed by atoms with Crippen LogP contribution in [0.3, 0.4) is 0 Å². The van der Waals surface area contributed by atoms with Gasteiger partial charge in [-0.05, 0) is 37.8 Å². The van der Waals surface area contributed by atoms with E-state index in [0.717, 1.165) is 26.1 Å². The number of allylic oxidation sites excluding steroid dienone is 6. The van der Waals surface area contributed by atoms with Crippen molar-refractivity contribution < 1.29 is 18.9 Å². The fraction of sp³-hybridized carbons (Fsp3) is 0.586. The first-order valence-corrected chi connectivity index (χ1v) is 12.3. The van der Waals surface area contributed by atoms with E-state index in [1.165, 1.54) is 11.1 Å². The largest absolute Gasteiger partial charge is 0.371 e. The van der Waals surface area contributed by atoms with Gasteiger partial charge in [0.1, 0.15) is 12.2 Å². The molecule has 4 rings (SSSR count). The second-order valence-corrected chi connectivity index (χ2v) is 10.7. The molecule has 4 nitrogen and oxygen atoms in total. The molecule has 2 heterocycles. The van der Waals surface area contributed by atoms with Crippen molar-refractivity contribution in [3.05, 3.63) is 72.9 Å². The lowest BCUT2D eigenvalue weighted by atomic mass is 9.67. The Kier molecular flexibility index (Phi) is 7.02. The Balaban J connectivity index is 1.54. The minimum absolute atomic E-state index is 0.145. The van der Waals surface area contributed by atoms with Crippen LogP contribution in [0, 0.1) is 17.3 Å². The molecule has 6 atom stereocenters. The number of epoxide rings is 2. The molecule has 0 amide bonds. The van der Waals surface area contributed by atoms with Gasteiger partial charge >= 0.3 is 0 Å². The number of hydrogen-bond acceptors (Lipinski definition) is 4. The van der Waals surface area contributed by atoms with Crippen LogP contribution in [-0.4, -0.2) is 49.8 Å². The van der Waals surface area contributed by atoms with Gasteiger partial charge in [-0.15, -0.1) is 13.2 Å². The number of rotatable bonds is 12. The molecule has 2 saturated heterocycles. The fourth-order valence-corrected chi connectivity index (χ4v) is 4.78. The highest BCUT2D eigenvalue weighted by molar-refractivity contribution is 5.46. The summed E-state index contributed by atoms with van der Waals surface area (Å²) in [5, 5.41) is 0. The van der Waals surface area contributed by atoms with Crippen LogP contribution >= 0.6 is 0 Å². The lowest BCUT2D eigenvalue weighted by molar-refractivity contribution is -0.0318. The van der Waals surface area contributed by atoms with Crippen molar-refractivity contribution >= 4 is 0 Å². The molecular weight excluding hydrogens is 412 g/mol. The molecule has 0 spiro atoms. The van der Waals surface area contributed by atoms with E-state index in [4.69, 9.17) is 18.9 Å². The van der Waals surface area contributed by atoms with Crippen LogP contribution in [0.15, 0.2) is 72.9 Å². The van der Waals surface area contributed by atoms with E-state index >= 15 is 0 Å². The minimum Gasteiger partial charge on any atom is -0.371 e. The van der Waals surface area contributed by atoms with Crippen LogP contribution in [0.2, 0.25) is 0 Å². The molecular formula is C29H40O4. The number of ether oxygens (including phenoxy) is 4. The second-order valence-electron chi connectivity index (χ2n) is 10.7. The summed E-state index contributed by atoms with van der Waals surface area (Å²) in [7, 11) is 0. The van der Waals surface area contributed by atoms with Crippen LogP contribution in [-0.2, 0) is 18.9 Å². The van der Waals surface area contributed by atoms with Gasteiger partial charge in [0.15, 0.2) is 0 Å². The Bertz CT molecular complexity index is 800. The second kappa shape index (κ2) is 9.50. The van der Waals surface area contributed by atoms with E-state index in [0.29, 0.717) is 13.2 Å². The van der Waals surface area contributed by atoms with Crippen molar-refractivity contribution in [2.45, 2.75) is 63.9 Å². The van der Waals surface area contributed by atoms with E-state index < -0.39 is 0 Å². The fourth-order valence-electron chi connectivity index (χ4n) is 4.78. The summed E-state index contributed by atoms with van der Waals surface area (Å²) in [4.78, 5) is 0. The van der Waals surface area contributed by atoms with E-state index in [9.17, 15) is 0 Å². The van der Waals surface area contributed by atoms with Crippen molar-refractivity contribution in [1.82, 2.24) is 0 Å². The zero-order chi connectivity index (χ0) is 23.7. The molecule has 2 fully saturated rings. The molecule has 2 aliphatic heterocycles. The minimum atomic E-state index is -0.348. The van der Waals surface area contributed by atoms with Gasteiger partial charge in [-0.1, -0.05) is 62.5 Å².